The van der Waals surface area contributed by atoms with Gasteiger partial charge in [0.2, 0.25) is 6.29 Å². The monoisotopic (exact) mass is 422 g/mol. The number of aliphatic hydroxyl groups excluding tert-OH is 1. The number of amides is 1. The Morgan fingerprint density at radius 2 is 1.90 bits per heavy atom. The maximum absolute atomic E-state index is 12.9. The number of carbonyl (C=O) groups is 1. The van der Waals surface area contributed by atoms with Gasteiger partial charge in [-0.1, -0.05) is 43.5 Å². The number of carbonyl (C=O) groups excluding carboxylic acids is 1. The number of hydrogen-bond donors (Lipinski definition) is 2. The van der Waals surface area contributed by atoms with Gasteiger partial charge in [0, 0.05) is 12.6 Å². The molecule has 1 fully saturated rings. The Morgan fingerprint density at radius 1 is 1.13 bits per heavy atom. The third-order valence-corrected chi connectivity index (χ3v) is 6.13. The standard InChI is InChI=1S/C25H30N2O4/c28-16-18-8-10-19(11-9-18)17-30-24-14-21(20-5-2-1-3-6-20)13-23(31-24)25(29)27-22-7-4-12-26-15-22/h4,7-13,15,20-21,24,28H,1-3,5-6,14,16-17H2,(H,27,29)/t21-,24+/m1/s1. The first kappa shape index (κ1) is 21.5. The van der Waals surface area contributed by atoms with Gasteiger partial charge in [0.1, 0.15) is 0 Å². The summed E-state index contributed by atoms with van der Waals surface area (Å²) >= 11 is 0. The molecule has 2 aromatic rings. The van der Waals surface area contributed by atoms with Gasteiger partial charge < -0.3 is 19.9 Å². The first-order valence-electron chi connectivity index (χ1n) is 11.1. The Hall–Kier alpha value is -2.70. The van der Waals surface area contributed by atoms with E-state index in [9.17, 15) is 9.90 Å². The molecule has 6 heteroatoms. The van der Waals surface area contributed by atoms with Gasteiger partial charge in [-0.3, -0.25) is 9.78 Å². The van der Waals surface area contributed by atoms with E-state index in [1.807, 2.05) is 30.3 Å². The van der Waals surface area contributed by atoms with E-state index in [1.54, 1.807) is 24.5 Å². The summed E-state index contributed by atoms with van der Waals surface area (Å²) in [6.45, 7) is 0.418. The number of allylic oxidation sites excluding steroid dienone is 1. The van der Waals surface area contributed by atoms with Crippen LogP contribution in [0.2, 0.25) is 0 Å². The molecule has 1 aliphatic heterocycles. The minimum atomic E-state index is -0.468. The van der Waals surface area contributed by atoms with Crippen LogP contribution in [0.25, 0.3) is 0 Å². The summed E-state index contributed by atoms with van der Waals surface area (Å²) in [4.78, 5) is 16.9. The van der Waals surface area contributed by atoms with Crippen LogP contribution in [0.1, 0.15) is 49.7 Å². The van der Waals surface area contributed by atoms with Crippen LogP contribution in [-0.4, -0.2) is 22.3 Å². The van der Waals surface area contributed by atoms with Gasteiger partial charge in [0.15, 0.2) is 5.76 Å². The second kappa shape index (κ2) is 10.6. The fraction of sp³-hybridized carbons (Fsp3) is 0.440. The SMILES string of the molecule is O=C(Nc1cccnc1)C1=C[C@@H](C2CCCCC2)C[C@@H](OCc2ccc(CO)cc2)O1. The fourth-order valence-electron chi connectivity index (χ4n) is 4.40. The normalized spacial score (nSPS) is 21.8. The quantitative estimate of drug-likeness (QED) is 0.684. The second-order valence-corrected chi connectivity index (χ2v) is 8.36. The van der Waals surface area contributed by atoms with Gasteiger partial charge in [-0.15, -0.1) is 0 Å². The molecule has 6 nitrogen and oxygen atoms in total. The van der Waals surface area contributed by atoms with Crippen molar-refractivity contribution >= 4 is 11.6 Å². The molecule has 2 N–H and O–H groups in total. The Balaban J connectivity index is 1.44. The highest BCUT2D eigenvalue weighted by molar-refractivity contribution is 6.02. The zero-order chi connectivity index (χ0) is 21.5. The van der Waals surface area contributed by atoms with E-state index < -0.39 is 6.29 Å². The van der Waals surface area contributed by atoms with Crippen LogP contribution >= 0.6 is 0 Å². The predicted molar refractivity (Wildman–Crippen MR) is 118 cm³/mol. The zero-order valence-electron chi connectivity index (χ0n) is 17.7. The van der Waals surface area contributed by atoms with Crippen molar-refractivity contribution in [2.75, 3.05) is 5.32 Å². The first-order chi connectivity index (χ1) is 15.2. The molecule has 31 heavy (non-hydrogen) atoms. The number of hydrogen-bond acceptors (Lipinski definition) is 5. The zero-order valence-corrected chi connectivity index (χ0v) is 17.7. The Bertz CT molecular complexity index is 876. The van der Waals surface area contributed by atoms with Crippen LogP contribution in [0.3, 0.4) is 0 Å². The summed E-state index contributed by atoms with van der Waals surface area (Å²) in [6, 6.07) is 11.2. The summed E-state index contributed by atoms with van der Waals surface area (Å²) in [5.74, 6) is 0.889. The van der Waals surface area contributed by atoms with Crippen LogP contribution < -0.4 is 5.32 Å². The number of benzene rings is 1. The molecule has 164 valence electrons. The summed E-state index contributed by atoms with van der Waals surface area (Å²) in [7, 11) is 0. The van der Waals surface area contributed by atoms with E-state index in [0.29, 0.717) is 24.0 Å². The molecule has 0 spiro atoms. The molecule has 1 saturated carbocycles. The van der Waals surface area contributed by atoms with Crippen molar-refractivity contribution in [3.63, 3.8) is 0 Å². The first-order valence-corrected chi connectivity index (χ1v) is 11.1. The third-order valence-electron chi connectivity index (χ3n) is 6.13. The van der Waals surface area contributed by atoms with Crippen LogP contribution in [-0.2, 0) is 27.5 Å². The largest absolute Gasteiger partial charge is 0.459 e. The number of aromatic nitrogens is 1. The maximum Gasteiger partial charge on any atom is 0.290 e. The van der Waals surface area contributed by atoms with E-state index in [4.69, 9.17) is 9.47 Å². The highest BCUT2D eigenvalue weighted by Gasteiger charge is 2.33. The molecule has 1 aromatic carbocycles. The third kappa shape index (κ3) is 5.93. The summed E-state index contributed by atoms with van der Waals surface area (Å²) < 4.78 is 12.1. The number of pyridine rings is 1. The average Bonchev–Trinajstić information content (AvgIpc) is 2.84. The van der Waals surface area contributed by atoms with Crippen molar-refractivity contribution in [1.82, 2.24) is 4.98 Å². The van der Waals surface area contributed by atoms with Crippen molar-refractivity contribution in [2.24, 2.45) is 11.8 Å². The van der Waals surface area contributed by atoms with Crippen LogP contribution in [0.4, 0.5) is 5.69 Å². The van der Waals surface area contributed by atoms with Crippen molar-refractivity contribution in [2.45, 2.75) is 58.0 Å². The molecular formula is C25H30N2O4. The maximum atomic E-state index is 12.9. The molecular weight excluding hydrogens is 392 g/mol. The summed E-state index contributed by atoms with van der Waals surface area (Å²) in [5.41, 5.74) is 2.51. The summed E-state index contributed by atoms with van der Waals surface area (Å²) in [5, 5.41) is 12.1. The molecule has 1 amide bonds. The molecule has 2 aliphatic rings. The van der Waals surface area contributed by atoms with E-state index in [2.05, 4.69) is 10.3 Å². The Kier molecular flexibility index (Phi) is 7.33. The van der Waals surface area contributed by atoms with Gasteiger partial charge in [-0.2, -0.15) is 0 Å². The van der Waals surface area contributed by atoms with Crippen LogP contribution in [0.15, 0.2) is 60.6 Å². The van der Waals surface area contributed by atoms with Crippen LogP contribution in [0, 0.1) is 11.8 Å². The van der Waals surface area contributed by atoms with E-state index in [1.165, 1.54) is 32.1 Å². The molecule has 0 bridgehead atoms. The molecule has 0 radical (unpaired) electrons. The van der Waals surface area contributed by atoms with Gasteiger partial charge in [0.25, 0.3) is 5.91 Å². The lowest BCUT2D eigenvalue weighted by molar-refractivity contribution is -0.153. The lowest BCUT2D eigenvalue weighted by atomic mass is 9.77. The van der Waals surface area contributed by atoms with Crippen LogP contribution in [0.5, 0.6) is 0 Å². The molecule has 1 aromatic heterocycles. The molecule has 0 unspecified atom stereocenters. The van der Waals surface area contributed by atoms with E-state index in [-0.39, 0.29) is 18.4 Å². The number of nitrogens with zero attached hydrogens (tertiary/aromatic N) is 1. The fourth-order valence-corrected chi connectivity index (χ4v) is 4.40. The van der Waals surface area contributed by atoms with Crippen molar-refractivity contribution in [3.05, 3.63) is 71.8 Å². The molecule has 0 saturated heterocycles. The van der Waals surface area contributed by atoms with Gasteiger partial charge in [-0.25, -0.2) is 0 Å². The molecule has 4 rings (SSSR count). The van der Waals surface area contributed by atoms with Crippen molar-refractivity contribution in [1.29, 1.82) is 0 Å². The van der Waals surface area contributed by atoms with Crippen molar-refractivity contribution < 1.29 is 19.4 Å². The Labute approximate surface area is 183 Å². The number of anilines is 1. The average molecular weight is 423 g/mol. The smallest absolute Gasteiger partial charge is 0.290 e. The topological polar surface area (TPSA) is 80.7 Å². The lowest BCUT2D eigenvalue weighted by Crippen LogP contribution is -2.33. The van der Waals surface area contributed by atoms with Gasteiger partial charge in [0.05, 0.1) is 25.1 Å². The molecule has 2 atom stereocenters. The second-order valence-electron chi connectivity index (χ2n) is 8.36. The van der Waals surface area contributed by atoms with Gasteiger partial charge in [-0.05, 0) is 54.0 Å². The van der Waals surface area contributed by atoms with Crippen molar-refractivity contribution in [3.8, 4) is 0 Å². The predicted octanol–water partition coefficient (Wildman–Crippen LogP) is 4.56. The number of rotatable bonds is 7. The highest BCUT2D eigenvalue weighted by atomic mass is 16.7. The number of nitrogens with one attached hydrogen (secondary N) is 1. The van der Waals surface area contributed by atoms with E-state index >= 15 is 0 Å². The summed E-state index contributed by atoms with van der Waals surface area (Å²) in [6.07, 6.45) is 11.7. The number of aliphatic hydroxyl groups is 1. The highest BCUT2D eigenvalue weighted by Crippen LogP contribution is 2.37. The number of ether oxygens (including phenoxy) is 2. The lowest BCUT2D eigenvalue weighted by Gasteiger charge is -2.35. The van der Waals surface area contributed by atoms with Gasteiger partial charge >= 0.3 is 0 Å². The molecule has 1 aliphatic carbocycles. The van der Waals surface area contributed by atoms with E-state index in [0.717, 1.165) is 17.5 Å². The minimum absolute atomic E-state index is 0.0240. The minimum Gasteiger partial charge on any atom is -0.459 e. The Morgan fingerprint density at radius 3 is 2.61 bits per heavy atom. The molecule has 2 heterocycles.